The number of carbonyl (C=O) groups is 1. The van der Waals surface area contributed by atoms with E-state index in [4.69, 9.17) is 25.8 Å². The van der Waals surface area contributed by atoms with Crippen LogP contribution in [0.4, 0.5) is 0 Å². The average molecular weight is 349 g/mol. The number of hydrogen-bond donors (Lipinski definition) is 1. The Bertz CT molecular complexity index is 762. The van der Waals surface area contributed by atoms with Crippen LogP contribution in [-0.4, -0.2) is 33.5 Å². The largest absolute Gasteiger partial charge is 0.496 e. The van der Waals surface area contributed by atoms with Crippen LogP contribution in [0.15, 0.2) is 41.5 Å². The van der Waals surface area contributed by atoms with Crippen LogP contribution >= 0.6 is 11.6 Å². The molecule has 0 radical (unpaired) electrons. The lowest BCUT2D eigenvalue weighted by Gasteiger charge is -2.08. The lowest BCUT2D eigenvalue weighted by molar-refractivity contribution is 0.0952. The predicted molar refractivity (Wildman–Crippen MR) is 92.6 cm³/mol. The molecule has 2 aromatic carbocycles. The van der Waals surface area contributed by atoms with Crippen LogP contribution in [0.3, 0.4) is 0 Å². The van der Waals surface area contributed by atoms with Crippen molar-refractivity contribution in [2.24, 2.45) is 5.10 Å². The van der Waals surface area contributed by atoms with E-state index in [9.17, 15) is 4.79 Å². The first-order valence-corrected chi connectivity index (χ1v) is 7.35. The molecule has 2 rings (SSSR count). The van der Waals surface area contributed by atoms with Crippen molar-refractivity contribution in [1.29, 1.82) is 0 Å². The smallest absolute Gasteiger partial charge is 0.275 e. The summed E-state index contributed by atoms with van der Waals surface area (Å²) in [6.07, 6.45) is 1.50. The maximum atomic E-state index is 12.2. The normalized spacial score (nSPS) is 10.5. The second-order valence-electron chi connectivity index (χ2n) is 4.66. The number of amides is 1. The summed E-state index contributed by atoms with van der Waals surface area (Å²) >= 11 is 5.91. The molecule has 0 heterocycles. The molecule has 0 bridgehead atoms. The lowest BCUT2D eigenvalue weighted by Crippen LogP contribution is -2.18. The third kappa shape index (κ3) is 4.17. The third-order valence-electron chi connectivity index (χ3n) is 3.19. The van der Waals surface area contributed by atoms with Crippen LogP contribution in [0.1, 0.15) is 15.9 Å². The number of ether oxygens (including phenoxy) is 3. The van der Waals surface area contributed by atoms with Gasteiger partial charge in [0.05, 0.1) is 33.1 Å². The molecule has 0 aliphatic heterocycles. The number of benzene rings is 2. The zero-order valence-corrected chi connectivity index (χ0v) is 14.3. The minimum absolute atomic E-state index is 0.300. The fourth-order valence-electron chi connectivity index (χ4n) is 2.02. The van der Waals surface area contributed by atoms with Gasteiger partial charge in [-0.1, -0.05) is 11.6 Å². The lowest BCUT2D eigenvalue weighted by atomic mass is 10.2. The molecule has 0 aromatic heterocycles. The SMILES string of the molecule is COc1ccc(C=NNC(=O)c2cc(Cl)ccc2OC)cc1OC. The standard InChI is InChI=1S/C17H17ClN2O4/c1-22-14-7-5-12(18)9-13(14)17(21)20-19-10-11-4-6-15(23-2)16(8-11)24-3/h4-10H,1-3H3,(H,20,21). The Kier molecular flexibility index (Phi) is 6.03. The van der Waals surface area contributed by atoms with Crippen LogP contribution in [0.5, 0.6) is 17.2 Å². The Hall–Kier alpha value is -2.73. The summed E-state index contributed by atoms with van der Waals surface area (Å²) in [7, 11) is 4.59. The Morgan fingerprint density at radius 3 is 2.33 bits per heavy atom. The van der Waals surface area contributed by atoms with Gasteiger partial charge in [-0.25, -0.2) is 5.43 Å². The van der Waals surface area contributed by atoms with Gasteiger partial charge in [-0.05, 0) is 42.0 Å². The zero-order chi connectivity index (χ0) is 17.5. The Morgan fingerprint density at radius 1 is 1.00 bits per heavy atom. The first-order chi connectivity index (χ1) is 11.6. The molecule has 0 aliphatic rings. The number of hydrazone groups is 1. The molecule has 2 aromatic rings. The van der Waals surface area contributed by atoms with E-state index in [-0.39, 0.29) is 0 Å². The summed E-state index contributed by atoms with van der Waals surface area (Å²) in [6, 6.07) is 10.1. The summed E-state index contributed by atoms with van der Waals surface area (Å²) in [6.45, 7) is 0. The molecular weight excluding hydrogens is 332 g/mol. The molecule has 0 spiro atoms. The Morgan fingerprint density at radius 2 is 1.67 bits per heavy atom. The van der Waals surface area contributed by atoms with E-state index < -0.39 is 5.91 Å². The monoisotopic (exact) mass is 348 g/mol. The van der Waals surface area contributed by atoms with Crippen molar-refractivity contribution in [3.05, 3.63) is 52.5 Å². The van der Waals surface area contributed by atoms with E-state index in [1.54, 1.807) is 44.6 Å². The molecule has 0 saturated carbocycles. The van der Waals surface area contributed by atoms with E-state index in [0.29, 0.717) is 27.8 Å². The fraction of sp³-hybridized carbons (Fsp3) is 0.176. The van der Waals surface area contributed by atoms with Crippen LogP contribution in [0.25, 0.3) is 0 Å². The molecule has 0 aliphatic carbocycles. The van der Waals surface area contributed by atoms with Crippen LogP contribution in [0, 0.1) is 0 Å². The maximum Gasteiger partial charge on any atom is 0.275 e. The van der Waals surface area contributed by atoms with Gasteiger partial charge >= 0.3 is 0 Å². The van der Waals surface area contributed by atoms with Gasteiger partial charge in [0.15, 0.2) is 11.5 Å². The Labute approximate surface area is 145 Å². The number of nitrogens with one attached hydrogen (secondary N) is 1. The zero-order valence-electron chi connectivity index (χ0n) is 13.5. The molecule has 24 heavy (non-hydrogen) atoms. The highest BCUT2D eigenvalue weighted by molar-refractivity contribution is 6.31. The number of hydrogen-bond acceptors (Lipinski definition) is 5. The maximum absolute atomic E-state index is 12.2. The first-order valence-electron chi connectivity index (χ1n) is 6.98. The molecule has 7 heteroatoms. The van der Waals surface area contributed by atoms with E-state index >= 15 is 0 Å². The highest BCUT2D eigenvalue weighted by atomic mass is 35.5. The van der Waals surface area contributed by atoms with Gasteiger partial charge < -0.3 is 14.2 Å². The molecule has 0 atom stereocenters. The van der Waals surface area contributed by atoms with Gasteiger partial charge in [-0.2, -0.15) is 5.10 Å². The summed E-state index contributed by atoms with van der Waals surface area (Å²) in [5, 5.41) is 4.37. The first kappa shape index (κ1) is 17.6. The number of rotatable bonds is 6. The van der Waals surface area contributed by atoms with Crippen molar-refractivity contribution in [2.75, 3.05) is 21.3 Å². The number of carbonyl (C=O) groups excluding carboxylic acids is 1. The highest BCUT2D eigenvalue weighted by Crippen LogP contribution is 2.27. The average Bonchev–Trinajstić information content (AvgIpc) is 2.61. The Balaban J connectivity index is 2.11. The number of nitrogens with zero attached hydrogens (tertiary/aromatic N) is 1. The van der Waals surface area contributed by atoms with E-state index in [1.165, 1.54) is 19.4 Å². The van der Waals surface area contributed by atoms with E-state index in [1.807, 2.05) is 0 Å². The third-order valence-corrected chi connectivity index (χ3v) is 3.43. The van der Waals surface area contributed by atoms with Crippen molar-refractivity contribution < 1.29 is 19.0 Å². The number of halogens is 1. The van der Waals surface area contributed by atoms with E-state index in [0.717, 1.165) is 5.56 Å². The molecular formula is C17H17ClN2O4. The topological polar surface area (TPSA) is 69.2 Å². The molecule has 1 N–H and O–H groups in total. The van der Waals surface area contributed by atoms with Crippen molar-refractivity contribution in [3.63, 3.8) is 0 Å². The fourth-order valence-corrected chi connectivity index (χ4v) is 2.19. The van der Waals surface area contributed by atoms with Crippen LogP contribution < -0.4 is 19.6 Å². The van der Waals surface area contributed by atoms with Gasteiger partial charge in [0.2, 0.25) is 0 Å². The van der Waals surface area contributed by atoms with Gasteiger partial charge in [0, 0.05) is 5.02 Å². The minimum atomic E-state index is -0.425. The molecule has 0 saturated heterocycles. The molecule has 1 amide bonds. The summed E-state index contributed by atoms with van der Waals surface area (Å²) in [5.41, 5.74) is 3.48. The summed E-state index contributed by atoms with van der Waals surface area (Å²) in [4.78, 5) is 12.2. The van der Waals surface area contributed by atoms with Crippen LogP contribution in [0.2, 0.25) is 5.02 Å². The second kappa shape index (κ2) is 8.21. The molecule has 126 valence electrons. The van der Waals surface area contributed by atoms with Gasteiger partial charge in [-0.3, -0.25) is 4.79 Å². The van der Waals surface area contributed by atoms with E-state index in [2.05, 4.69) is 10.5 Å². The van der Waals surface area contributed by atoms with Gasteiger partial charge in [0.25, 0.3) is 5.91 Å². The predicted octanol–water partition coefficient (Wildman–Crippen LogP) is 3.13. The van der Waals surface area contributed by atoms with Crippen molar-refractivity contribution in [1.82, 2.24) is 5.43 Å². The van der Waals surface area contributed by atoms with Crippen molar-refractivity contribution in [3.8, 4) is 17.2 Å². The number of methoxy groups -OCH3 is 3. The highest BCUT2D eigenvalue weighted by Gasteiger charge is 2.12. The van der Waals surface area contributed by atoms with Crippen molar-refractivity contribution >= 4 is 23.7 Å². The molecule has 0 fully saturated rings. The van der Waals surface area contributed by atoms with Crippen molar-refractivity contribution in [2.45, 2.75) is 0 Å². The second-order valence-corrected chi connectivity index (χ2v) is 5.09. The summed E-state index contributed by atoms with van der Waals surface area (Å²) in [5.74, 6) is 1.18. The van der Waals surface area contributed by atoms with Gasteiger partial charge in [-0.15, -0.1) is 0 Å². The molecule has 6 nitrogen and oxygen atoms in total. The van der Waals surface area contributed by atoms with Gasteiger partial charge in [0.1, 0.15) is 5.75 Å². The quantitative estimate of drug-likeness (QED) is 0.643. The minimum Gasteiger partial charge on any atom is -0.496 e. The van der Waals surface area contributed by atoms with Crippen LogP contribution in [-0.2, 0) is 0 Å². The summed E-state index contributed by atoms with van der Waals surface area (Å²) < 4.78 is 15.5. The molecule has 0 unspecified atom stereocenters.